The van der Waals surface area contributed by atoms with Gasteiger partial charge in [0.1, 0.15) is 0 Å². The molecule has 8 nitrogen and oxygen atoms in total. The van der Waals surface area contributed by atoms with Crippen molar-refractivity contribution in [3.8, 4) is 0 Å². The molecule has 0 saturated carbocycles. The number of aliphatic imine (C=N–C) groups is 1. The molecule has 3 heterocycles. The molecule has 2 saturated heterocycles. The molecule has 3 rings (SSSR count). The van der Waals surface area contributed by atoms with E-state index in [1.807, 2.05) is 24.2 Å². The standard InChI is InChI=1S/C19H30N6O2/c1-16-4-3-5-21-17(16)14-22-19(20-2)25-8-6-23(7-9-25)15-18(26)24-10-12-27-13-11-24/h3-5H,6-15H2,1-2H3,(H,20,22). The zero-order chi connectivity index (χ0) is 19.1. The maximum absolute atomic E-state index is 12.4. The van der Waals surface area contributed by atoms with Crippen LogP contribution < -0.4 is 5.32 Å². The van der Waals surface area contributed by atoms with Crippen LogP contribution in [0.2, 0.25) is 0 Å². The van der Waals surface area contributed by atoms with E-state index in [0.717, 1.165) is 37.8 Å². The summed E-state index contributed by atoms with van der Waals surface area (Å²) in [4.78, 5) is 27.6. The van der Waals surface area contributed by atoms with E-state index in [4.69, 9.17) is 4.74 Å². The van der Waals surface area contributed by atoms with Crippen molar-refractivity contribution < 1.29 is 9.53 Å². The normalized spacial score (nSPS) is 19.3. The fourth-order valence-corrected chi connectivity index (χ4v) is 3.42. The molecule has 2 aliphatic rings. The van der Waals surface area contributed by atoms with Crippen molar-refractivity contribution in [3.63, 3.8) is 0 Å². The van der Waals surface area contributed by atoms with E-state index in [1.54, 1.807) is 0 Å². The van der Waals surface area contributed by atoms with Crippen molar-refractivity contribution in [2.45, 2.75) is 13.5 Å². The first-order valence-corrected chi connectivity index (χ1v) is 9.61. The average Bonchev–Trinajstić information content (AvgIpc) is 2.71. The number of carbonyl (C=O) groups is 1. The third-order valence-corrected chi connectivity index (χ3v) is 5.14. The van der Waals surface area contributed by atoms with Crippen LogP contribution in [0, 0.1) is 6.92 Å². The Kier molecular flexibility index (Phi) is 7.00. The minimum absolute atomic E-state index is 0.208. The van der Waals surface area contributed by atoms with Gasteiger partial charge in [-0.3, -0.25) is 19.7 Å². The van der Waals surface area contributed by atoms with Crippen molar-refractivity contribution >= 4 is 11.9 Å². The number of carbonyl (C=O) groups excluding carboxylic acids is 1. The lowest BCUT2D eigenvalue weighted by molar-refractivity contribution is -0.136. The molecule has 0 unspecified atom stereocenters. The Morgan fingerprint density at radius 2 is 1.93 bits per heavy atom. The summed E-state index contributed by atoms with van der Waals surface area (Å²) in [6.07, 6.45) is 1.82. The topological polar surface area (TPSA) is 73.3 Å². The van der Waals surface area contributed by atoms with Gasteiger partial charge >= 0.3 is 0 Å². The molecule has 1 N–H and O–H groups in total. The first-order valence-electron chi connectivity index (χ1n) is 9.61. The zero-order valence-corrected chi connectivity index (χ0v) is 16.4. The largest absolute Gasteiger partial charge is 0.378 e. The number of ether oxygens (including phenoxy) is 1. The summed E-state index contributed by atoms with van der Waals surface area (Å²) in [6.45, 7) is 9.38. The molecular formula is C19H30N6O2. The number of morpholine rings is 1. The highest BCUT2D eigenvalue weighted by Gasteiger charge is 2.24. The molecule has 1 aromatic heterocycles. The molecule has 2 fully saturated rings. The maximum Gasteiger partial charge on any atom is 0.236 e. The summed E-state index contributed by atoms with van der Waals surface area (Å²) in [5, 5.41) is 3.41. The van der Waals surface area contributed by atoms with Crippen LogP contribution in [-0.2, 0) is 16.1 Å². The zero-order valence-electron chi connectivity index (χ0n) is 16.4. The second-order valence-electron chi connectivity index (χ2n) is 6.92. The van der Waals surface area contributed by atoms with Crippen molar-refractivity contribution in [3.05, 3.63) is 29.6 Å². The third-order valence-electron chi connectivity index (χ3n) is 5.14. The van der Waals surface area contributed by atoms with E-state index >= 15 is 0 Å². The van der Waals surface area contributed by atoms with Crippen molar-refractivity contribution in [2.24, 2.45) is 4.99 Å². The van der Waals surface area contributed by atoms with Gasteiger partial charge in [0.15, 0.2) is 5.96 Å². The van der Waals surface area contributed by atoms with Gasteiger partial charge in [-0.25, -0.2) is 0 Å². The fourth-order valence-electron chi connectivity index (χ4n) is 3.42. The Labute approximate surface area is 161 Å². The number of hydrogen-bond donors (Lipinski definition) is 1. The van der Waals surface area contributed by atoms with E-state index in [0.29, 0.717) is 39.4 Å². The number of guanidine groups is 1. The predicted molar refractivity (Wildman–Crippen MR) is 105 cm³/mol. The van der Waals surface area contributed by atoms with Crippen LogP contribution in [0.15, 0.2) is 23.3 Å². The molecule has 148 valence electrons. The van der Waals surface area contributed by atoms with Gasteiger partial charge in [-0.15, -0.1) is 0 Å². The molecule has 1 aromatic rings. The van der Waals surface area contributed by atoms with Gasteiger partial charge in [-0.05, 0) is 18.6 Å². The van der Waals surface area contributed by atoms with Crippen molar-refractivity contribution in [1.82, 2.24) is 25.0 Å². The smallest absolute Gasteiger partial charge is 0.236 e. The molecule has 0 aliphatic carbocycles. The maximum atomic E-state index is 12.4. The van der Waals surface area contributed by atoms with E-state index in [9.17, 15) is 4.79 Å². The Balaban J connectivity index is 1.44. The van der Waals surface area contributed by atoms with Crippen LogP contribution in [0.3, 0.4) is 0 Å². The van der Waals surface area contributed by atoms with Gasteiger partial charge in [0.05, 0.1) is 32.0 Å². The van der Waals surface area contributed by atoms with Crippen molar-refractivity contribution in [2.75, 3.05) is 66.1 Å². The van der Waals surface area contributed by atoms with E-state index in [2.05, 4.69) is 38.1 Å². The highest BCUT2D eigenvalue weighted by molar-refractivity contribution is 5.80. The summed E-state index contributed by atoms with van der Waals surface area (Å²) in [7, 11) is 1.81. The molecule has 0 aromatic carbocycles. The number of pyridine rings is 1. The Morgan fingerprint density at radius 1 is 1.19 bits per heavy atom. The summed E-state index contributed by atoms with van der Waals surface area (Å²) in [5.41, 5.74) is 2.21. The molecule has 1 amide bonds. The lowest BCUT2D eigenvalue weighted by Crippen LogP contribution is -2.54. The van der Waals surface area contributed by atoms with Crippen LogP contribution in [0.5, 0.6) is 0 Å². The van der Waals surface area contributed by atoms with Gasteiger partial charge < -0.3 is 19.9 Å². The lowest BCUT2D eigenvalue weighted by atomic mass is 10.2. The number of piperazine rings is 1. The number of nitrogens with zero attached hydrogens (tertiary/aromatic N) is 5. The number of hydrogen-bond acceptors (Lipinski definition) is 5. The number of amides is 1. The van der Waals surface area contributed by atoms with Crippen LogP contribution in [0.4, 0.5) is 0 Å². The fraction of sp³-hybridized carbons (Fsp3) is 0.632. The second kappa shape index (κ2) is 9.66. The SMILES string of the molecule is CN=C(NCc1ncccc1C)N1CCN(CC(=O)N2CCOCC2)CC1. The third kappa shape index (κ3) is 5.40. The lowest BCUT2D eigenvalue weighted by Gasteiger charge is -2.37. The summed E-state index contributed by atoms with van der Waals surface area (Å²) < 4.78 is 5.32. The van der Waals surface area contributed by atoms with Crippen molar-refractivity contribution in [1.29, 1.82) is 0 Å². The summed E-state index contributed by atoms with van der Waals surface area (Å²) in [6, 6.07) is 4.02. The van der Waals surface area contributed by atoms with E-state index in [1.165, 1.54) is 5.56 Å². The number of aryl methyl sites for hydroxylation is 1. The number of rotatable bonds is 4. The van der Waals surface area contributed by atoms with Crippen LogP contribution in [0.25, 0.3) is 0 Å². The van der Waals surface area contributed by atoms with Crippen LogP contribution in [0.1, 0.15) is 11.3 Å². The molecule has 0 atom stereocenters. The molecule has 0 spiro atoms. The van der Waals surface area contributed by atoms with Crippen LogP contribution >= 0.6 is 0 Å². The van der Waals surface area contributed by atoms with Gasteiger partial charge in [0.25, 0.3) is 0 Å². The average molecular weight is 374 g/mol. The first kappa shape index (κ1) is 19.6. The van der Waals surface area contributed by atoms with Gasteiger partial charge in [0, 0.05) is 52.5 Å². The number of nitrogens with one attached hydrogen (secondary N) is 1. The molecule has 0 bridgehead atoms. The minimum atomic E-state index is 0.208. The highest BCUT2D eigenvalue weighted by atomic mass is 16.5. The predicted octanol–water partition coefficient (Wildman–Crippen LogP) is -0.0582. The number of aromatic nitrogens is 1. The monoisotopic (exact) mass is 374 g/mol. The molecule has 8 heteroatoms. The van der Waals surface area contributed by atoms with Crippen LogP contribution in [-0.4, -0.2) is 97.6 Å². The quantitative estimate of drug-likeness (QED) is 0.588. The molecular weight excluding hydrogens is 344 g/mol. The van der Waals surface area contributed by atoms with Gasteiger partial charge in [-0.2, -0.15) is 0 Å². The summed E-state index contributed by atoms with van der Waals surface area (Å²) in [5.74, 6) is 1.10. The van der Waals surface area contributed by atoms with Gasteiger partial charge in [0.2, 0.25) is 5.91 Å². The first-order chi connectivity index (χ1) is 13.2. The molecule has 0 radical (unpaired) electrons. The Hall–Kier alpha value is -2.19. The van der Waals surface area contributed by atoms with Gasteiger partial charge in [-0.1, -0.05) is 6.07 Å². The minimum Gasteiger partial charge on any atom is -0.378 e. The molecule has 2 aliphatic heterocycles. The van der Waals surface area contributed by atoms with E-state index < -0.39 is 0 Å². The summed E-state index contributed by atoms with van der Waals surface area (Å²) >= 11 is 0. The highest BCUT2D eigenvalue weighted by Crippen LogP contribution is 2.06. The second-order valence-corrected chi connectivity index (χ2v) is 6.92. The Morgan fingerprint density at radius 3 is 2.59 bits per heavy atom. The Bertz CT molecular complexity index is 651. The van der Waals surface area contributed by atoms with E-state index in [-0.39, 0.29) is 5.91 Å². The molecule has 27 heavy (non-hydrogen) atoms.